The zero-order chi connectivity index (χ0) is 19.2. The van der Waals surface area contributed by atoms with Crippen molar-refractivity contribution in [3.63, 3.8) is 0 Å². The van der Waals surface area contributed by atoms with Gasteiger partial charge in [0.25, 0.3) is 0 Å². The maximum absolute atomic E-state index is 2.48. The third-order valence-electron chi connectivity index (χ3n) is 5.96. The summed E-state index contributed by atoms with van der Waals surface area (Å²) >= 11 is -0.767. The molecule has 164 valence electrons. The Kier molecular flexibility index (Phi) is 19.4. The van der Waals surface area contributed by atoms with Gasteiger partial charge in [-0.3, -0.25) is 0 Å². The number of halogens is 2. The Balaban J connectivity index is 0.00000392. The van der Waals surface area contributed by atoms with Gasteiger partial charge in [0.1, 0.15) is 0 Å². The van der Waals surface area contributed by atoms with Crippen LogP contribution >= 0.6 is 0 Å². The maximum Gasteiger partial charge on any atom is -1.00 e. The Morgan fingerprint density at radius 1 is 0.586 bits per heavy atom. The molecule has 0 aromatic carbocycles. The van der Waals surface area contributed by atoms with Crippen LogP contribution in [0.15, 0.2) is 42.1 Å². The second-order valence-electron chi connectivity index (χ2n) is 8.38. The van der Waals surface area contributed by atoms with Crippen molar-refractivity contribution in [1.82, 2.24) is 0 Å². The van der Waals surface area contributed by atoms with Crippen molar-refractivity contribution in [3.8, 4) is 0 Å². The van der Waals surface area contributed by atoms with Crippen molar-refractivity contribution >= 4 is 0 Å². The molecule has 29 heavy (non-hydrogen) atoms. The molecule has 0 unspecified atom stereocenters. The van der Waals surface area contributed by atoms with Gasteiger partial charge in [-0.2, -0.15) is 0 Å². The van der Waals surface area contributed by atoms with Crippen LogP contribution in [0.4, 0.5) is 0 Å². The fourth-order valence-electron chi connectivity index (χ4n) is 4.21. The van der Waals surface area contributed by atoms with Gasteiger partial charge in [-0.15, -0.1) is 0 Å². The van der Waals surface area contributed by atoms with E-state index in [2.05, 4.69) is 38.2 Å². The fraction of sp³-hybridized carbons (Fsp3) is 0.692. The van der Waals surface area contributed by atoms with E-state index < -0.39 is 22.9 Å². The van der Waals surface area contributed by atoms with Gasteiger partial charge in [0, 0.05) is 0 Å². The summed E-state index contributed by atoms with van der Waals surface area (Å²) in [5, 5.41) is 0. The van der Waals surface area contributed by atoms with Crippen molar-refractivity contribution < 1.29 is 47.7 Å². The first-order valence-corrected chi connectivity index (χ1v) is 15.5. The van der Waals surface area contributed by atoms with Gasteiger partial charge >= 0.3 is 182 Å². The van der Waals surface area contributed by atoms with Crippen molar-refractivity contribution in [1.29, 1.82) is 0 Å². The summed E-state index contributed by atoms with van der Waals surface area (Å²) in [4.78, 5) is 0. The number of unbranched alkanes of at least 4 members (excludes halogenated alkanes) is 10. The van der Waals surface area contributed by atoms with Crippen LogP contribution in [0, 0.1) is 0 Å². The molecule has 2 aliphatic rings. The molecule has 0 radical (unpaired) electrons. The molecule has 2 rings (SSSR count). The molecule has 0 nitrogen and oxygen atoms in total. The van der Waals surface area contributed by atoms with E-state index in [1.807, 2.05) is 6.66 Å². The van der Waals surface area contributed by atoms with Crippen LogP contribution < -0.4 is 24.8 Å². The van der Waals surface area contributed by atoms with Crippen molar-refractivity contribution in [3.05, 3.63) is 42.1 Å². The van der Waals surface area contributed by atoms with Crippen LogP contribution in [0.5, 0.6) is 0 Å². The van der Waals surface area contributed by atoms with Crippen molar-refractivity contribution in [2.45, 2.75) is 117 Å². The van der Waals surface area contributed by atoms with Crippen LogP contribution in [0.3, 0.4) is 0 Å². The quantitative estimate of drug-likeness (QED) is 0.188. The van der Waals surface area contributed by atoms with Gasteiger partial charge in [-0.05, 0) is 0 Å². The Morgan fingerprint density at radius 2 is 0.966 bits per heavy atom. The van der Waals surface area contributed by atoms with E-state index in [-0.39, 0.29) is 24.8 Å². The number of hydrogen-bond donors (Lipinski definition) is 0. The Morgan fingerprint density at radius 3 is 1.38 bits per heavy atom. The molecule has 0 heterocycles. The van der Waals surface area contributed by atoms with Crippen LogP contribution in [0.25, 0.3) is 0 Å². The molecule has 0 amide bonds. The molecule has 0 N–H and O–H groups in total. The standard InChI is InChI=1S/2C13H21.2ClH.Hf/c2*1-2-3-4-5-6-7-10-13-11-8-9-12-13;;;/h2*8,11H,2-7,9-10H2,1H3;2*1H;/q;;;;+2/p-2. The minimum absolute atomic E-state index is 0. The van der Waals surface area contributed by atoms with E-state index in [0.29, 0.717) is 0 Å². The molecule has 0 fully saturated rings. The fourth-order valence-corrected chi connectivity index (χ4v) is 9.75. The molecule has 0 bridgehead atoms. The molecule has 2 aliphatic carbocycles. The molecule has 3 heteroatoms. The first-order valence-electron chi connectivity index (χ1n) is 11.9. The van der Waals surface area contributed by atoms with E-state index >= 15 is 0 Å². The van der Waals surface area contributed by atoms with Gasteiger partial charge in [0.05, 0.1) is 0 Å². The van der Waals surface area contributed by atoms with Crippen LogP contribution in [0.1, 0.15) is 117 Å². The smallest absolute Gasteiger partial charge is 1.00 e. The largest absolute Gasteiger partial charge is 1.00 e. The van der Waals surface area contributed by atoms with Crippen molar-refractivity contribution in [2.75, 3.05) is 0 Å². The van der Waals surface area contributed by atoms with Crippen LogP contribution in [0.2, 0.25) is 0 Å². The third-order valence-corrected chi connectivity index (χ3v) is 11.9. The second-order valence-corrected chi connectivity index (χ2v) is 13.6. The molecule has 0 saturated carbocycles. The minimum Gasteiger partial charge on any atom is -1.00 e. The van der Waals surface area contributed by atoms with Crippen molar-refractivity contribution in [2.24, 2.45) is 0 Å². The maximum atomic E-state index is 2.48. The molecule has 0 saturated heterocycles. The summed E-state index contributed by atoms with van der Waals surface area (Å²) in [6.07, 6.45) is 32.2. The SMILES string of the molecule is CCCCCCCCC1=[C]([Hf+2][C]2=C(CCCCCCCC)C=CC2)CC=C1.[Cl-].[Cl-]. The van der Waals surface area contributed by atoms with Gasteiger partial charge < -0.3 is 24.8 Å². The molecule has 0 spiro atoms. The molecular weight excluding hydrogens is 562 g/mol. The second kappa shape index (κ2) is 19.1. The molecular formula is C26H42Cl2Hf. The Bertz CT molecular complexity index is 495. The van der Waals surface area contributed by atoms with Gasteiger partial charge in [-0.1, -0.05) is 0 Å². The predicted octanol–water partition coefficient (Wildman–Crippen LogP) is 3.01. The zero-order valence-corrected chi connectivity index (χ0v) is 24.0. The molecule has 0 aromatic heterocycles. The summed E-state index contributed by atoms with van der Waals surface area (Å²) in [6.45, 7) is 4.61. The van der Waals surface area contributed by atoms with Crippen LogP contribution in [-0.2, 0) is 22.9 Å². The van der Waals surface area contributed by atoms with E-state index in [1.165, 1.54) is 103 Å². The topological polar surface area (TPSA) is 0 Å². The first-order chi connectivity index (χ1) is 13.3. The van der Waals surface area contributed by atoms with Gasteiger partial charge in [0.2, 0.25) is 0 Å². The van der Waals surface area contributed by atoms with E-state index in [4.69, 9.17) is 0 Å². The number of allylic oxidation sites excluding steroid dienone is 8. The Labute approximate surface area is 205 Å². The average molecular weight is 604 g/mol. The molecule has 0 atom stereocenters. The molecule has 0 aliphatic heterocycles. The number of hydrogen-bond acceptors (Lipinski definition) is 0. The summed E-state index contributed by atoms with van der Waals surface area (Å²) in [6, 6.07) is 0. The molecule has 0 aromatic rings. The minimum atomic E-state index is -0.767. The van der Waals surface area contributed by atoms with Crippen LogP contribution in [-0.4, -0.2) is 0 Å². The normalized spacial score (nSPS) is 15.0. The van der Waals surface area contributed by atoms with E-state index in [9.17, 15) is 0 Å². The first kappa shape index (κ1) is 29.4. The predicted molar refractivity (Wildman–Crippen MR) is 118 cm³/mol. The zero-order valence-electron chi connectivity index (χ0n) is 18.9. The van der Waals surface area contributed by atoms with Gasteiger partial charge in [-0.25, -0.2) is 0 Å². The van der Waals surface area contributed by atoms with Gasteiger partial charge in [0.15, 0.2) is 0 Å². The van der Waals surface area contributed by atoms with E-state index in [1.54, 1.807) is 11.1 Å². The monoisotopic (exact) mass is 604 g/mol. The third kappa shape index (κ3) is 12.1. The number of rotatable bonds is 16. The summed E-state index contributed by atoms with van der Waals surface area (Å²) in [7, 11) is 0. The average Bonchev–Trinajstić information content (AvgIpc) is 3.31. The Hall–Kier alpha value is 0.410. The van der Waals surface area contributed by atoms with E-state index in [0.717, 1.165) is 0 Å². The summed E-state index contributed by atoms with van der Waals surface area (Å²) in [5.74, 6) is 0. The summed E-state index contributed by atoms with van der Waals surface area (Å²) in [5.41, 5.74) is 3.51. The summed E-state index contributed by atoms with van der Waals surface area (Å²) < 4.78 is 3.84.